The summed E-state index contributed by atoms with van der Waals surface area (Å²) in [5.74, 6) is 0. The monoisotopic (exact) mass is 470 g/mol. The van der Waals surface area contributed by atoms with Crippen molar-refractivity contribution in [3.63, 3.8) is 0 Å². The number of carbonyl (C=O) groups excluding carboxylic acids is 1. The molecule has 10 nitrogen and oxygen atoms in total. The molecule has 0 aliphatic carbocycles. The molecule has 30 heavy (non-hydrogen) atoms. The maximum absolute atomic E-state index is 10.7. The lowest BCUT2D eigenvalue weighted by Gasteiger charge is -2.33. The molecular weight excluding hydrogens is 428 g/mol. The first-order chi connectivity index (χ1) is 14.2. The molecule has 0 saturated carbocycles. The topological polar surface area (TPSA) is 123 Å². The van der Waals surface area contributed by atoms with E-state index in [9.17, 15) is 4.79 Å². The van der Waals surface area contributed by atoms with Crippen molar-refractivity contribution in [3.05, 3.63) is 0 Å². The van der Waals surface area contributed by atoms with Gasteiger partial charge in [-0.15, -0.1) is 0 Å². The van der Waals surface area contributed by atoms with Gasteiger partial charge in [0.05, 0.1) is 18.9 Å². The van der Waals surface area contributed by atoms with Crippen molar-refractivity contribution in [2.24, 2.45) is 5.73 Å². The van der Waals surface area contributed by atoms with Crippen LogP contribution >= 0.6 is 0 Å². The summed E-state index contributed by atoms with van der Waals surface area (Å²) >= 11 is 0. The molecule has 0 aromatic rings. The number of nitrogens with one attached hydrogen (secondary N) is 1. The van der Waals surface area contributed by atoms with E-state index in [0.29, 0.717) is 32.3 Å². The van der Waals surface area contributed by atoms with Crippen LogP contribution in [0.25, 0.3) is 0 Å². The molecule has 3 unspecified atom stereocenters. The molecule has 1 fully saturated rings. The number of rotatable bonds is 15. The Morgan fingerprint density at radius 2 is 1.57 bits per heavy atom. The van der Waals surface area contributed by atoms with Gasteiger partial charge in [0, 0.05) is 34.5 Å². The summed E-state index contributed by atoms with van der Waals surface area (Å²) in [6.07, 6.45) is 1.86. The Hall–Kier alpha value is -0.576. The highest BCUT2D eigenvalue weighted by Gasteiger charge is 2.47. The van der Waals surface area contributed by atoms with E-state index in [2.05, 4.69) is 18.8 Å². The number of amides is 2. The van der Waals surface area contributed by atoms with Crippen LogP contribution in [0.1, 0.15) is 40.5 Å². The largest absolute Gasteiger partial charge is 0.523 e. The van der Waals surface area contributed by atoms with Gasteiger partial charge in [-0.1, -0.05) is 13.8 Å². The highest BCUT2D eigenvalue weighted by molar-refractivity contribution is 6.67. The maximum Gasteiger partial charge on any atom is 0.523 e. The molecule has 2 amide bonds. The van der Waals surface area contributed by atoms with Crippen molar-refractivity contribution in [2.45, 2.75) is 64.6 Å². The van der Waals surface area contributed by atoms with Crippen LogP contribution < -0.4 is 11.1 Å². The summed E-state index contributed by atoms with van der Waals surface area (Å²) in [4.78, 5) is 10.7. The van der Waals surface area contributed by atoms with Gasteiger partial charge in [0.1, 0.15) is 11.8 Å². The van der Waals surface area contributed by atoms with Gasteiger partial charge in [0.2, 0.25) is 0 Å². The Bertz CT molecular complexity index is 453. The van der Waals surface area contributed by atoms with E-state index in [1.54, 1.807) is 0 Å². The first-order valence-electron chi connectivity index (χ1n) is 10.4. The normalized spacial score (nSPS) is 18.2. The minimum absolute atomic E-state index is 0.0941. The lowest BCUT2D eigenvalue weighted by atomic mass is 10.5. The number of urea groups is 1. The number of hydrogen-bond acceptors (Lipinski definition) is 8. The van der Waals surface area contributed by atoms with Gasteiger partial charge in [-0.05, 0) is 33.2 Å². The third kappa shape index (κ3) is 9.70. The van der Waals surface area contributed by atoms with E-state index < -0.39 is 23.4 Å². The summed E-state index contributed by atoms with van der Waals surface area (Å²) in [6.45, 7) is 13.0. The fourth-order valence-electron chi connectivity index (χ4n) is 3.12. The van der Waals surface area contributed by atoms with Crippen molar-refractivity contribution in [1.82, 2.24) is 5.32 Å². The number of carbonyl (C=O) groups is 1. The molecule has 0 aromatic carbocycles. The van der Waals surface area contributed by atoms with E-state index in [1.165, 1.54) is 21.3 Å². The maximum atomic E-state index is 10.7. The SMILES string of the molecule is CCC(NC(N)=O)[Si](OC)(OC)OC.CCO[Si](C)(OCC)C(CC)OCC1CO1. The molecule has 0 aromatic heterocycles. The van der Waals surface area contributed by atoms with Crippen molar-refractivity contribution >= 4 is 23.4 Å². The molecule has 1 aliphatic rings. The van der Waals surface area contributed by atoms with Gasteiger partial charge in [0.25, 0.3) is 0 Å². The number of ether oxygens (including phenoxy) is 2. The third-order valence-corrected chi connectivity index (χ3v) is 11.3. The van der Waals surface area contributed by atoms with Crippen LogP contribution in [-0.2, 0) is 31.6 Å². The molecule has 1 saturated heterocycles. The molecule has 0 spiro atoms. The number of epoxide rings is 1. The van der Waals surface area contributed by atoms with Crippen LogP contribution in [0.2, 0.25) is 6.55 Å². The zero-order chi connectivity index (χ0) is 23.2. The van der Waals surface area contributed by atoms with E-state index in [4.69, 9.17) is 37.3 Å². The van der Waals surface area contributed by atoms with Crippen molar-refractivity contribution in [3.8, 4) is 0 Å². The second kappa shape index (κ2) is 15.3. The Morgan fingerprint density at radius 3 is 1.87 bits per heavy atom. The van der Waals surface area contributed by atoms with Gasteiger partial charge in [-0.2, -0.15) is 0 Å². The molecule has 0 radical (unpaired) electrons. The first kappa shape index (κ1) is 29.4. The summed E-state index contributed by atoms with van der Waals surface area (Å²) in [5, 5.41) is 2.55. The molecule has 3 atom stereocenters. The average Bonchev–Trinajstić information content (AvgIpc) is 3.54. The van der Waals surface area contributed by atoms with E-state index in [-0.39, 0.29) is 11.4 Å². The van der Waals surface area contributed by atoms with Gasteiger partial charge < -0.3 is 42.7 Å². The first-order valence-corrected chi connectivity index (χ1v) is 14.6. The van der Waals surface area contributed by atoms with Crippen LogP contribution in [-0.4, -0.2) is 88.6 Å². The molecule has 1 aliphatic heterocycles. The number of nitrogens with two attached hydrogens (primary N) is 1. The predicted octanol–water partition coefficient (Wildman–Crippen LogP) is 1.72. The van der Waals surface area contributed by atoms with Crippen LogP contribution in [0.3, 0.4) is 0 Å². The molecule has 1 heterocycles. The fraction of sp³-hybridized carbons (Fsp3) is 0.944. The highest BCUT2D eigenvalue weighted by Crippen LogP contribution is 2.21. The Balaban J connectivity index is 0.000000567. The molecule has 12 heteroatoms. The van der Waals surface area contributed by atoms with E-state index in [0.717, 1.165) is 13.0 Å². The smallest absolute Gasteiger partial charge is 0.393 e. The van der Waals surface area contributed by atoms with Crippen molar-refractivity contribution < 1.29 is 36.4 Å². The number of hydrogen-bond donors (Lipinski definition) is 2. The second-order valence-electron chi connectivity index (χ2n) is 6.75. The Labute approximate surface area is 183 Å². The standard InChI is InChI=1S/C11H24O4Si.C7H18N2O4Si/c1-5-11(13-9-10-8-12-10)16(4,14-6-2)15-7-3;1-5-6(9-7(8)10)14(11-2,12-3)13-4/h10-11H,5-9H2,1-4H3;6H,5H2,1-4H3,(H3,8,9,10). The highest BCUT2D eigenvalue weighted by atomic mass is 28.4. The third-order valence-electron chi connectivity index (χ3n) is 4.71. The lowest BCUT2D eigenvalue weighted by molar-refractivity contribution is 0.0390. The zero-order valence-electron chi connectivity index (χ0n) is 19.8. The zero-order valence-corrected chi connectivity index (χ0v) is 21.8. The second-order valence-corrected chi connectivity index (χ2v) is 13.1. The summed E-state index contributed by atoms with van der Waals surface area (Å²) in [7, 11) is -0.545. The van der Waals surface area contributed by atoms with Gasteiger partial charge in [0.15, 0.2) is 0 Å². The molecule has 0 bridgehead atoms. The van der Waals surface area contributed by atoms with Gasteiger partial charge >= 0.3 is 23.4 Å². The predicted molar refractivity (Wildman–Crippen MR) is 118 cm³/mol. The summed E-state index contributed by atoms with van der Waals surface area (Å²) < 4.78 is 38.3. The van der Waals surface area contributed by atoms with Crippen LogP contribution in [0.5, 0.6) is 0 Å². The Morgan fingerprint density at radius 1 is 1.07 bits per heavy atom. The summed E-state index contributed by atoms with van der Waals surface area (Å²) in [6, 6.07) is -0.611. The van der Waals surface area contributed by atoms with Crippen LogP contribution in [0.15, 0.2) is 0 Å². The molecule has 180 valence electrons. The summed E-state index contributed by atoms with van der Waals surface area (Å²) in [5.41, 5.74) is 4.81. The lowest BCUT2D eigenvalue weighted by Crippen LogP contribution is -2.62. The quantitative estimate of drug-likeness (QED) is 0.274. The molecule has 1 rings (SSSR count). The molecule has 3 N–H and O–H groups in total. The average molecular weight is 471 g/mol. The minimum atomic E-state index is -2.82. The van der Waals surface area contributed by atoms with E-state index >= 15 is 0 Å². The van der Waals surface area contributed by atoms with E-state index in [1.807, 2.05) is 20.8 Å². The minimum Gasteiger partial charge on any atom is -0.393 e. The van der Waals surface area contributed by atoms with Gasteiger partial charge in [-0.25, -0.2) is 4.79 Å². The van der Waals surface area contributed by atoms with Crippen LogP contribution in [0.4, 0.5) is 4.79 Å². The Kier molecular flexibility index (Phi) is 15.0. The van der Waals surface area contributed by atoms with Crippen molar-refractivity contribution in [1.29, 1.82) is 0 Å². The van der Waals surface area contributed by atoms with Crippen molar-refractivity contribution in [2.75, 3.05) is 47.8 Å². The number of primary amides is 1. The molecular formula is C18H42N2O8Si2. The van der Waals surface area contributed by atoms with Gasteiger partial charge in [-0.3, -0.25) is 0 Å². The fourth-order valence-corrected chi connectivity index (χ4v) is 8.03. The van der Waals surface area contributed by atoms with Crippen LogP contribution in [0, 0.1) is 0 Å².